The van der Waals surface area contributed by atoms with Crippen LogP contribution in [0.3, 0.4) is 0 Å². The molecule has 1 amide bonds. The Balaban J connectivity index is 1.58. The molecule has 1 atom stereocenters. The van der Waals surface area contributed by atoms with Gasteiger partial charge in [0.25, 0.3) is 0 Å². The van der Waals surface area contributed by atoms with Crippen molar-refractivity contribution in [1.82, 2.24) is 10.3 Å². The summed E-state index contributed by atoms with van der Waals surface area (Å²) >= 11 is 0. The van der Waals surface area contributed by atoms with Crippen LogP contribution in [-0.2, 0) is 11.2 Å². The first kappa shape index (κ1) is 17.2. The molecule has 3 rings (SSSR count). The Morgan fingerprint density at radius 3 is 2.76 bits per heavy atom. The predicted molar refractivity (Wildman–Crippen MR) is 95.7 cm³/mol. The first-order valence-corrected chi connectivity index (χ1v) is 8.31. The number of H-pyrrole nitrogens is 1. The van der Waals surface area contributed by atoms with Crippen molar-refractivity contribution in [1.29, 1.82) is 0 Å². The number of benzene rings is 2. The molecule has 0 bridgehead atoms. The first-order chi connectivity index (χ1) is 12.0. The van der Waals surface area contributed by atoms with Crippen LogP contribution >= 0.6 is 0 Å². The fourth-order valence-corrected chi connectivity index (χ4v) is 3.00. The van der Waals surface area contributed by atoms with Crippen molar-refractivity contribution in [3.05, 3.63) is 71.2 Å². The van der Waals surface area contributed by atoms with E-state index in [1.54, 1.807) is 6.07 Å². The van der Waals surface area contributed by atoms with E-state index in [0.29, 0.717) is 13.0 Å². The van der Waals surface area contributed by atoms with E-state index < -0.39 is 6.10 Å². The molecule has 2 aromatic carbocycles. The fourth-order valence-electron chi connectivity index (χ4n) is 3.00. The molecule has 5 heteroatoms. The van der Waals surface area contributed by atoms with Crippen molar-refractivity contribution in [2.75, 3.05) is 6.54 Å². The van der Waals surface area contributed by atoms with Crippen LogP contribution in [0.5, 0.6) is 0 Å². The molecule has 130 valence electrons. The third-order valence-electron chi connectivity index (χ3n) is 4.34. The van der Waals surface area contributed by atoms with E-state index in [0.717, 1.165) is 27.7 Å². The van der Waals surface area contributed by atoms with Gasteiger partial charge in [0.2, 0.25) is 5.91 Å². The average Bonchev–Trinajstić information content (AvgIpc) is 2.91. The maximum atomic E-state index is 13.5. The first-order valence-electron chi connectivity index (χ1n) is 8.31. The zero-order valence-electron chi connectivity index (χ0n) is 14.1. The van der Waals surface area contributed by atoms with Gasteiger partial charge in [0, 0.05) is 23.1 Å². The molecule has 0 fully saturated rings. The molecule has 0 spiro atoms. The number of hydrogen-bond donors (Lipinski definition) is 3. The molecule has 3 aromatic rings. The highest BCUT2D eigenvalue weighted by atomic mass is 19.1. The second-order valence-electron chi connectivity index (χ2n) is 6.16. The van der Waals surface area contributed by atoms with Gasteiger partial charge in [0.1, 0.15) is 5.82 Å². The SMILES string of the molecule is Cc1[nH]c2ccc(F)cc2c1CC(=O)NCCC(O)c1ccccc1. The molecule has 1 aromatic heterocycles. The van der Waals surface area contributed by atoms with Gasteiger partial charge in [0.05, 0.1) is 12.5 Å². The van der Waals surface area contributed by atoms with Crippen LogP contribution in [0.15, 0.2) is 48.5 Å². The van der Waals surface area contributed by atoms with Gasteiger partial charge in [0.15, 0.2) is 0 Å². The van der Waals surface area contributed by atoms with E-state index in [-0.39, 0.29) is 18.1 Å². The van der Waals surface area contributed by atoms with Gasteiger partial charge in [-0.05, 0) is 42.7 Å². The molecule has 0 aliphatic heterocycles. The van der Waals surface area contributed by atoms with Crippen molar-refractivity contribution < 1.29 is 14.3 Å². The molecule has 0 aliphatic rings. The van der Waals surface area contributed by atoms with Gasteiger partial charge in [-0.15, -0.1) is 0 Å². The fraction of sp³-hybridized carbons (Fsp3) is 0.250. The van der Waals surface area contributed by atoms with Gasteiger partial charge in [-0.1, -0.05) is 30.3 Å². The monoisotopic (exact) mass is 340 g/mol. The van der Waals surface area contributed by atoms with Gasteiger partial charge in [-0.2, -0.15) is 0 Å². The van der Waals surface area contributed by atoms with Crippen LogP contribution in [0.25, 0.3) is 10.9 Å². The molecule has 1 unspecified atom stereocenters. The van der Waals surface area contributed by atoms with Gasteiger partial charge < -0.3 is 15.4 Å². The van der Waals surface area contributed by atoms with Crippen molar-refractivity contribution in [3.63, 3.8) is 0 Å². The van der Waals surface area contributed by atoms with Crippen LogP contribution in [0.2, 0.25) is 0 Å². The summed E-state index contributed by atoms with van der Waals surface area (Å²) in [7, 11) is 0. The third-order valence-corrected chi connectivity index (χ3v) is 4.34. The highest BCUT2D eigenvalue weighted by Crippen LogP contribution is 2.23. The molecule has 1 heterocycles. The summed E-state index contributed by atoms with van der Waals surface area (Å²) in [5.74, 6) is -0.465. The summed E-state index contributed by atoms with van der Waals surface area (Å²) < 4.78 is 13.5. The molecule has 0 saturated carbocycles. The van der Waals surface area contributed by atoms with E-state index >= 15 is 0 Å². The Bertz CT molecular complexity index is 874. The molecule has 0 saturated heterocycles. The third kappa shape index (κ3) is 4.06. The number of aromatic amines is 1. The number of carbonyl (C=O) groups excluding carboxylic acids is 1. The molecular weight excluding hydrogens is 319 g/mol. The lowest BCUT2D eigenvalue weighted by atomic mass is 10.1. The minimum Gasteiger partial charge on any atom is -0.388 e. The van der Waals surface area contributed by atoms with E-state index in [9.17, 15) is 14.3 Å². The van der Waals surface area contributed by atoms with Gasteiger partial charge >= 0.3 is 0 Å². The molecule has 4 nitrogen and oxygen atoms in total. The minimum absolute atomic E-state index is 0.145. The number of hydrogen-bond acceptors (Lipinski definition) is 2. The topological polar surface area (TPSA) is 65.1 Å². The number of aliphatic hydroxyl groups is 1. The normalized spacial score (nSPS) is 12.3. The van der Waals surface area contributed by atoms with E-state index in [1.165, 1.54) is 12.1 Å². The lowest BCUT2D eigenvalue weighted by molar-refractivity contribution is -0.120. The number of aromatic nitrogens is 1. The molecule has 25 heavy (non-hydrogen) atoms. The number of carbonyl (C=O) groups is 1. The molecule has 0 aliphatic carbocycles. The number of aliphatic hydroxyl groups excluding tert-OH is 1. The number of rotatable bonds is 6. The lowest BCUT2D eigenvalue weighted by Gasteiger charge is -2.11. The van der Waals surface area contributed by atoms with Crippen LogP contribution in [-0.4, -0.2) is 22.5 Å². The summed E-state index contributed by atoms with van der Waals surface area (Å²) in [4.78, 5) is 15.4. The number of nitrogens with one attached hydrogen (secondary N) is 2. The van der Waals surface area contributed by atoms with E-state index in [4.69, 9.17) is 0 Å². The summed E-state index contributed by atoms with van der Waals surface area (Å²) in [6, 6.07) is 13.9. The van der Waals surface area contributed by atoms with Gasteiger partial charge in [-0.25, -0.2) is 4.39 Å². The number of aryl methyl sites for hydroxylation is 1. The Hall–Kier alpha value is -2.66. The molecular formula is C20H21FN2O2. The zero-order chi connectivity index (χ0) is 17.8. The number of amides is 1. The summed E-state index contributed by atoms with van der Waals surface area (Å²) in [6.45, 7) is 2.25. The lowest BCUT2D eigenvalue weighted by Crippen LogP contribution is -2.27. The largest absolute Gasteiger partial charge is 0.388 e. The average molecular weight is 340 g/mol. The summed E-state index contributed by atoms with van der Waals surface area (Å²) in [6.07, 6.45) is 0.0129. The van der Waals surface area contributed by atoms with Crippen LogP contribution in [0.4, 0.5) is 4.39 Å². The van der Waals surface area contributed by atoms with Gasteiger partial charge in [-0.3, -0.25) is 4.79 Å². The Kier molecular flexibility index (Phi) is 5.14. The Labute approximate surface area is 145 Å². The zero-order valence-corrected chi connectivity index (χ0v) is 14.1. The van der Waals surface area contributed by atoms with Crippen LogP contribution in [0, 0.1) is 12.7 Å². The smallest absolute Gasteiger partial charge is 0.224 e. The van der Waals surface area contributed by atoms with Crippen LogP contribution in [0.1, 0.15) is 29.3 Å². The molecule has 0 radical (unpaired) electrons. The van der Waals surface area contributed by atoms with E-state index in [2.05, 4.69) is 10.3 Å². The van der Waals surface area contributed by atoms with Crippen LogP contribution < -0.4 is 5.32 Å². The second kappa shape index (κ2) is 7.49. The van der Waals surface area contributed by atoms with E-state index in [1.807, 2.05) is 37.3 Å². The highest BCUT2D eigenvalue weighted by molar-refractivity contribution is 5.90. The second-order valence-corrected chi connectivity index (χ2v) is 6.16. The standard InChI is InChI=1S/C20H21FN2O2/c1-13-16(17-11-15(21)7-8-18(17)23-13)12-20(25)22-10-9-19(24)14-5-3-2-4-6-14/h2-8,11,19,23-24H,9-10,12H2,1H3,(H,22,25). The Morgan fingerprint density at radius 2 is 2.00 bits per heavy atom. The van der Waals surface area contributed by atoms with Crippen molar-refractivity contribution in [2.45, 2.75) is 25.9 Å². The molecule has 3 N–H and O–H groups in total. The number of fused-ring (bicyclic) bond motifs is 1. The summed E-state index contributed by atoms with van der Waals surface area (Å²) in [5.41, 5.74) is 3.32. The quantitative estimate of drug-likeness (QED) is 0.644. The maximum absolute atomic E-state index is 13.5. The predicted octanol–water partition coefficient (Wildman–Crippen LogP) is 3.40. The highest BCUT2D eigenvalue weighted by Gasteiger charge is 2.14. The maximum Gasteiger partial charge on any atom is 0.224 e. The van der Waals surface area contributed by atoms with Crippen molar-refractivity contribution >= 4 is 16.8 Å². The van der Waals surface area contributed by atoms with Crippen molar-refractivity contribution in [2.24, 2.45) is 0 Å². The Morgan fingerprint density at radius 1 is 1.24 bits per heavy atom. The summed E-state index contributed by atoms with van der Waals surface area (Å²) in [5, 5.41) is 13.7. The minimum atomic E-state index is -0.606. The van der Waals surface area contributed by atoms with Crippen molar-refractivity contribution in [3.8, 4) is 0 Å². The number of halogens is 1.